The predicted octanol–water partition coefficient (Wildman–Crippen LogP) is 3.59. The normalized spacial score (nSPS) is 17.3. The highest BCUT2D eigenvalue weighted by Gasteiger charge is 2.31. The van der Waals surface area contributed by atoms with Crippen molar-refractivity contribution in [2.45, 2.75) is 37.6 Å². The van der Waals surface area contributed by atoms with Crippen molar-refractivity contribution in [3.05, 3.63) is 34.1 Å². The van der Waals surface area contributed by atoms with E-state index < -0.39 is 11.6 Å². The molecular weight excluding hydrogens is 344 g/mol. The molecule has 0 unspecified atom stereocenters. The van der Waals surface area contributed by atoms with Gasteiger partial charge in [0.05, 0.1) is 4.47 Å². The summed E-state index contributed by atoms with van der Waals surface area (Å²) in [6.07, 6.45) is 4.57. The largest absolute Gasteiger partial charge is 0.339 e. The van der Waals surface area contributed by atoms with Crippen LogP contribution in [-0.4, -0.2) is 15.7 Å². The zero-order valence-corrected chi connectivity index (χ0v) is 12.8. The topological polar surface area (TPSA) is 64.9 Å². The van der Waals surface area contributed by atoms with E-state index >= 15 is 0 Å². The Morgan fingerprint density at radius 2 is 2.00 bits per heavy atom. The molecule has 0 saturated heterocycles. The third-order valence-electron chi connectivity index (χ3n) is 3.85. The Kier molecular flexibility index (Phi) is 3.79. The second-order valence-corrected chi connectivity index (χ2v) is 6.27. The number of benzene rings is 1. The summed E-state index contributed by atoms with van der Waals surface area (Å²) in [6.45, 7) is 0. The third kappa shape index (κ3) is 2.85. The molecule has 1 aromatic carbocycles. The molecule has 2 aromatic rings. The summed E-state index contributed by atoms with van der Waals surface area (Å²) in [5.74, 6) is -1.26. The number of aromatic nitrogens is 2. The molecule has 1 saturated carbocycles. The molecule has 0 atom stereocenters. The first-order valence-corrected chi connectivity index (χ1v) is 7.53. The van der Waals surface area contributed by atoms with Crippen LogP contribution in [0.5, 0.6) is 0 Å². The summed E-state index contributed by atoms with van der Waals surface area (Å²) in [4.78, 5) is 4.24. The van der Waals surface area contributed by atoms with Gasteiger partial charge < -0.3 is 10.3 Å². The Morgan fingerprint density at radius 3 is 2.71 bits per heavy atom. The van der Waals surface area contributed by atoms with Crippen LogP contribution in [0.1, 0.15) is 31.6 Å². The standard InChI is InChI=1S/C14H14BrF2N3O/c15-11-8(3-4-9(16)12(11)17)13-19-10(21-20-13)7-14(18)5-1-2-6-14/h3-4H,1-2,5-7,18H2. The summed E-state index contributed by atoms with van der Waals surface area (Å²) in [7, 11) is 0. The van der Waals surface area contributed by atoms with Crippen LogP contribution in [0.3, 0.4) is 0 Å². The van der Waals surface area contributed by atoms with E-state index in [0.29, 0.717) is 17.9 Å². The van der Waals surface area contributed by atoms with Crippen molar-refractivity contribution in [3.8, 4) is 11.4 Å². The van der Waals surface area contributed by atoms with Crippen molar-refractivity contribution < 1.29 is 13.3 Å². The van der Waals surface area contributed by atoms with Crippen LogP contribution in [-0.2, 0) is 6.42 Å². The highest BCUT2D eigenvalue weighted by molar-refractivity contribution is 9.10. The molecule has 21 heavy (non-hydrogen) atoms. The van der Waals surface area contributed by atoms with Gasteiger partial charge >= 0.3 is 0 Å². The molecule has 112 valence electrons. The molecule has 0 amide bonds. The molecule has 1 aromatic heterocycles. The number of hydrogen-bond donors (Lipinski definition) is 1. The first kappa shape index (κ1) is 14.6. The second kappa shape index (κ2) is 5.46. The van der Waals surface area contributed by atoms with Gasteiger partial charge in [-0.3, -0.25) is 0 Å². The molecule has 3 rings (SSSR count). The van der Waals surface area contributed by atoms with E-state index in [1.807, 2.05) is 0 Å². The molecule has 2 N–H and O–H groups in total. The lowest BCUT2D eigenvalue weighted by Gasteiger charge is -2.20. The summed E-state index contributed by atoms with van der Waals surface area (Å²) in [5.41, 5.74) is 6.32. The summed E-state index contributed by atoms with van der Waals surface area (Å²) >= 11 is 3.01. The van der Waals surface area contributed by atoms with Crippen molar-refractivity contribution in [2.75, 3.05) is 0 Å². The first-order valence-electron chi connectivity index (χ1n) is 6.74. The zero-order chi connectivity index (χ0) is 15.0. The van der Waals surface area contributed by atoms with E-state index in [9.17, 15) is 8.78 Å². The van der Waals surface area contributed by atoms with E-state index in [-0.39, 0.29) is 15.8 Å². The quantitative estimate of drug-likeness (QED) is 0.852. The molecule has 4 nitrogen and oxygen atoms in total. The average molecular weight is 358 g/mol. The van der Waals surface area contributed by atoms with Crippen LogP contribution in [0.2, 0.25) is 0 Å². The van der Waals surface area contributed by atoms with Gasteiger partial charge in [0.15, 0.2) is 11.6 Å². The van der Waals surface area contributed by atoms with Crippen LogP contribution < -0.4 is 5.73 Å². The number of rotatable bonds is 3. The highest BCUT2D eigenvalue weighted by Crippen LogP contribution is 2.32. The van der Waals surface area contributed by atoms with Gasteiger partial charge in [0.2, 0.25) is 11.7 Å². The maximum absolute atomic E-state index is 13.5. The lowest BCUT2D eigenvalue weighted by molar-refractivity contribution is 0.329. The lowest BCUT2D eigenvalue weighted by Crippen LogP contribution is -2.38. The van der Waals surface area contributed by atoms with Gasteiger partial charge in [-0.05, 0) is 40.9 Å². The van der Waals surface area contributed by atoms with Gasteiger partial charge in [-0.1, -0.05) is 18.0 Å². The summed E-state index contributed by atoms with van der Waals surface area (Å²) < 4.78 is 31.8. The van der Waals surface area contributed by atoms with E-state index in [0.717, 1.165) is 31.7 Å². The van der Waals surface area contributed by atoms with E-state index in [1.165, 1.54) is 6.07 Å². The Balaban J connectivity index is 1.87. The molecule has 0 aliphatic heterocycles. The fraction of sp³-hybridized carbons (Fsp3) is 0.429. The van der Waals surface area contributed by atoms with Crippen molar-refractivity contribution in [1.29, 1.82) is 0 Å². The molecule has 1 fully saturated rings. The predicted molar refractivity (Wildman–Crippen MR) is 76.4 cm³/mol. The molecule has 0 bridgehead atoms. The van der Waals surface area contributed by atoms with Crippen LogP contribution in [0, 0.1) is 11.6 Å². The minimum absolute atomic E-state index is 0.0156. The molecule has 7 heteroatoms. The van der Waals surface area contributed by atoms with Crippen molar-refractivity contribution in [3.63, 3.8) is 0 Å². The molecule has 0 radical (unpaired) electrons. The Morgan fingerprint density at radius 1 is 1.29 bits per heavy atom. The number of nitrogens with zero attached hydrogens (tertiary/aromatic N) is 2. The summed E-state index contributed by atoms with van der Waals surface area (Å²) in [6, 6.07) is 2.44. The van der Waals surface area contributed by atoms with Gasteiger partial charge in [0, 0.05) is 17.5 Å². The van der Waals surface area contributed by atoms with Crippen molar-refractivity contribution in [1.82, 2.24) is 10.1 Å². The molecule has 1 aliphatic carbocycles. The van der Waals surface area contributed by atoms with Crippen molar-refractivity contribution in [2.24, 2.45) is 5.73 Å². The molecule has 0 spiro atoms. The zero-order valence-electron chi connectivity index (χ0n) is 11.2. The monoisotopic (exact) mass is 357 g/mol. The van der Waals surface area contributed by atoms with Gasteiger partial charge in [-0.15, -0.1) is 0 Å². The Hall–Kier alpha value is -1.34. The van der Waals surface area contributed by atoms with Crippen LogP contribution >= 0.6 is 15.9 Å². The van der Waals surface area contributed by atoms with Crippen LogP contribution in [0.15, 0.2) is 21.1 Å². The number of nitrogens with two attached hydrogens (primary N) is 1. The fourth-order valence-corrected chi connectivity index (χ4v) is 3.19. The minimum Gasteiger partial charge on any atom is -0.339 e. The van der Waals surface area contributed by atoms with Crippen LogP contribution in [0.4, 0.5) is 8.78 Å². The average Bonchev–Trinajstić information content (AvgIpc) is 3.06. The third-order valence-corrected chi connectivity index (χ3v) is 4.62. The van der Waals surface area contributed by atoms with Crippen molar-refractivity contribution >= 4 is 15.9 Å². The highest BCUT2D eigenvalue weighted by atomic mass is 79.9. The van der Waals surface area contributed by atoms with Crippen LogP contribution in [0.25, 0.3) is 11.4 Å². The van der Waals surface area contributed by atoms with Gasteiger partial charge in [0.1, 0.15) is 0 Å². The minimum atomic E-state index is -0.968. The van der Waals surface area contributed by atoms with Gasteiger partial charge in [-0.2, -0.15) is 4.98 Å². The first-order chi connectivity index (χ1) is 9.98. The Labute approximate surface area is 128 Å². The number of hydrogen-bond acceptors (Lipinski definition) is 4. The second-order valence-electron chi connectivity index (χ2n) is 5.48. The Bertz CT molecular complexity index is 668. The van der Waals surface area contributed by atoms with E-state index in [2.05, 4.69) is 26.1 Å². The smallest absolute Gasteiger partial charge is 0.228 e. The lowest BCUT2D eigenvalue weighted by atomic mass is 9.95. The molecular formula is C14H14BrF2N3O. The van der Waals surface area contributed by atoms with E-state index in [1.54, 1.807) is 0 Å². The number of halogens is 3. The molecule has 1 aliphatic rings. The fourth-order valence-electron chi connectivity index (χ4n) is 2.69. The maximum Gasteiger partial charge on any atom is 0.228 e. The molecule has 1 heterocycles. The van der Waals surface area contributed by atoms with Gasteiger partial charge in [0.25, 0.3) is 0 Å². The summed E-state index contributed by atoms with van der Waals surface area (Å²) in [5, 5.41) is 3.83. The SMILES string of the molecule is NC1(Cc2nc(-c3ccc(F)c(F)c3Br)no2)CCCC1. The maximum atomic E-state index is 13.5. The van der Waals surface area contributed by atoms with Gasteiger partial charge in [-0.25, -0.2) is 8.78 Å². The van der Waals surface area contributed by atoms with E-state index in [4.69, 9.17) is 10.3 Å².